The molecule has 2 saturated carbocycles. The second-order valence-corrected chi connectivity index (χ2v) is 3.76. The quantitative estimate of drug-likeness (QED) is 0.704. The Morgan fingerprint density at radius 3 is 2.67 bits per heavy atom. The number of H-pyrrole nitrogens is 1. The van der Waals surface area contributed by atoms with E-state index >= 15 is 0 Å². The molecule has 1 heterocycles. The highest BCUT2D eigenvalue weighted by atomic mass is 16.1. The number of nitrogens with one attached hydrogen (secondary N) is 1. The van der Waals surface area contributed by atoms with Crippen LogP contribution in [0.1, 0.15) is 43.5 Å². The van der Waals surface area contributed by atoms with E-state index in [-0.39, 0.29) is 5.69 Å². The SMILES string of the molecule is O=c1[nH]nc(C2CC2)n1C1CC1. The van der Waals surface area contributed by atoms with E-state index in [1.54, 1.807) is 0 Å². The van der Waals surface area contributed by atoms with Crippen molar-refractivity contribution in [1.82, 2.24) is 14.8 Å². The maximum absolute atomic E-state index is 11.3. The van der Waals surface area contributed by atoms with Crippen LogP contribution in [-0.4, -0.2) is 14.8 Å². The Labute approximate surface area is 69.6 Å². The van der Waals surface area contributed by atoms with E-state index in [9.17, 15) is 4.79 Å². The highest BCUT2D eigenvalue weighted by molar-refractivity contribution is 5.07. The van der Waals surface area contributed by atoms with Crippen LogP contribution in [0, 0.1) is 0 Å². The van der Waals surface area contributed by atoms with Crippen LogP contribution in [0.3, 0.4) is 0 Å². The van der Waals surface area contributed by atoms with Gasteiger partial charge in [-0.15, -0.1) is 0 Å². The van der Waals surface area contributed by atoms with Gasteiger partial charge in [-0.05, 0) is 25.7 Å². The minimum atomic E-state index is -0.0144. The van der Waals surface area contributed by atoms with Crippen LogP contribution in [0.4, 0.5) is 0 Å². The zero-order valence-electron chi connectivity index (χ0n) is 6.79. The molecule has 4 nitrogen and oxygen atoms in total. The van der Waals surface area contributed by atoms with Gasteiger partial charge >= 0.3 is 5.69 Å². The summed E-state index contributed by atoms with van der Waals surface area (Å²) in [6.45, 7) is 0. The van der Waals surface area contributed by atoms with Crippen molar-refractivity contribution in [3.63, 3.8) is 0 Å². The molecule has 0 bridgehead atoms. The van der Waals surface area contributed by atoms with E-state index in [1.165, 1.54) is 12.8 Å². The highest BCUT2D eigenvalue weighted by Gasteiger charge is 2.35. The molecule has 1 aromatic rings. The van der Waals surface area contributed by atoms with Crippen LogP contribution in [0.15, 0.2) is 4.79 Å². The molecule has 0 aliphatic heterocycles. The molecule has 0 unspecified atom stereocenters. The van der Waals surface area contributed by atoms with Gasteiger partial charge in [-0.25, -0.2) is 9.89 Å². The fourth-order valence-electron chi connectivity index (χ4n) is 1.63. The average molecular weight is 165 g/mol. The second kappa shape index (κ2) is 2.00. The Morgan fingerprint density at radius 1 is 1.33 bits per heavy atom. The van der Waals surface area contributed by atoms with Crippen molar-refractivity contribution in [3.05, 3.63) is 16.3 Å². The normalized spacial score (nSPS) is 23.0. The summed E-state index contributed by atoms with van der Waals surface area (Å²) in [6, 6.07) is 0.465. The summed E-state index contributed by atoms with van der Waals surface area (Å²) in [4.78, 5) is 11.3. The van der Waals surface area contributed by atoms with Gasteiger partial charge in [-0.3, -0.25) is 4.57 Å². The molecule has 1 aromatic heterocycles. The fraction of sp³-hybridized carbons (Fsp3) is 0.750. The minimum absolute atomic E-state index is 0.0144. The molecule has 0 atom stereocenters. The van der Waals surface area contributed by atoms with E-state index in [2.05, 4.69) is 10.2 Å². The van der Waals surface area contributed by atoms with Crippen LogP contribution >= 0.6 is 0 Å². The number of hydrogen-bond donors (Lipinski definition) is 1. The lowest BCUT2D eigenvalue weighted by Gasteiger charge is -1.99. The van der Waals surface area contributed by atoms with Crippen LogP contribution < -0.4 is 5.69 Å². The molecule has 0 radical (unpaired) electrons. The molecule has 0 aromatic carbocycles. The Morgan fingerprint density at radius 2 is 2.08 bits per heavy atom. The number of rotatable bonds is 2. The van der Waals surface area contributed by atoms with Crippen molar-refractivity contribution in [2.45, 2.75) is 37.6 Å². The van der Waals surface area contributed by atoms with E-state index < -0.39 is 0 Å². The topological polar surface area (TPSA) is 50.7 Å². The standard InChI is InChI=1S/C8H11N3O/c12-8-10-9-7(5-1-2-5)11(8)6-3-4-6/h5-6H,1-4H2,(H,10,12). The first-order valence-corrected chi connectivity index (χ1v) is 4.53. The molecule has 1 N–H and O–H groups in total. The number of aromatic nitrogens is 3. The lowest BCUT2D eigenvalue weighted by molar-refractivity contribution is 0.662. The summed E-state index contributed by atoms with van der Waals surface area (Å²) < 4.78 is 1.86. The van der Waals surface area contributed by atoms with E-state index in [0.717, 1.165) is 18.7 Å². The summed E-state index contributed by atoms with van der Waals surface area (Å²) in [6.07, 6.45) is 4.71. The molecular formula is C8H11N3O. The smallest absolute Gasteiger partial charge is 0.276 e. The predicted octanol–water partition coefficient (Wildman–Crippen LogP) is 0.784. The molecule has 2 fully saturated rings. The predicted molar refractivity (Wildman–Crippen MR) is 43.1 cm³/mol. The third kappa shape index (κ3) is 0.838. The van der Waals surface area contributed by atoms with Gasteiger partial charge in [0.25, 0.3) is 0 Å². The lowest BCUT2D eigenvalue weighted by atomic mass is 10.4. The van der Waals surface area contributed by atoms with Crippen molar-refractivity contribution >= 4 is 0 Å². The van der Waals surface area contributed by atoms with Crippen LogP contribution in [0.2, 0.25) is 0 Å². The fourth-order valence-corrected chi connectivity index (χ4v) is 1.63. The molecule has 0 saturated heterocycles. The number of hydrogen-bond acceptors (Lipinski definition) is 2. The van der Waals surface area contributed by atoms with Gasteiger partial charge in [0.05, 0.1) is 0 Å². The van der Waals surface area contributed by atoms with Crippen molar-refractivity contribution in [2.75, 3.05) is 0 Å². The molecule has 64 valence electrons. The van der Waals surface area contributed by atoms with Gasteiger partial charge in [0, 0.05) is 12.0 Å². The Bertz CT molecular complexity index is 357. The number of nitrogens with zero attached hydrogens (tertiary/aromatic N) is 2. The molecule has 3 rings (SSSR count). The van der Waals surface area contributed by atoms with Crippen molar-refractivity contribution in [1.29, 1.82) is 0 Å². The van der Waals surface area contributed by atoms with Gasteiger partial charge in [0.2, 0.25) is 0 Å². The first-order chi connectivity index (χ1) is 5.86. The first-order valence-electron chi connectivity index (χ1n) is 4.53. The van der Waals surface area contributed by atoms with Gasteiger partial charge in [-0.2, -0.15) is 5.10 Å². The van der Waals surface area contributed by atoms with E-state index in [4.69, 9.17) is 0 Å². The first kappa shape index (κ1) is 6.46. The number of aromatic amines is 1. The van der Waals surface area contributed by atoms with Crippen LogP contribution in [0.5, 0.6) is 0 Å². The van der Waals surface area contributed by atoms with Gasteiger partial charge in [0.15, 0.2) is 0 Å². The monoisotopic (exact) mass is 165 g/mol. The molecule has 12 heavy (non-hydrogen) atoms. The van der Waals surface area contributed by atoms with Crippen molar-refractivity contribution < 1.29 is 0 Å². The second-order valence-electron chi connectivity index (χ2n) is 3.76. The molecule has 0 spiro atoms. The largest absolute Gasteiger partial charge is 0.343 e. The van der Waals surface area contributed by atoms with Gasteiger partial charge in [-0.1, -0.05) is 0 Å². The van der Waals surface area contributed by atoms with Gasteiger partial charge in [0.1, 0.15) is 5.82 Å². The van der Waals surface area contributed by atoms with Crippen molar-refractivity contribution in [3.8, 4) is 0 Å². The Kier molecular flexibility index (Phi) is 1.07. The van der Waals surface area contributed by atoms with Crippen LogP contribution in [0.25, 0.3) is 0 Å². The third-order valence-corrected chi connectivity index (χ3v) is 2.59. The maximum atomic E-state index is 11.3. The summed E-state index contributed by atoms with van der Waals surface area (Å²) in [5.74, 6) is 1.58. The lowest BCUT2D eigenvalue weighted by Crippen LogP contribution is -2.17. The summed E-state index contributed by atoms with van der Waals surface area (Å²) in [7, 11) is 0. The van der Waals surface area contributed by atoms with Crippen molar-refractivity contribution in [2.24, 2.45) is 0 Å². The summed E-state index contributed by atoms with van der Waals surface area (Å²) in [5.41, 5.74) is -0.0144. The van der Waals surface area contributed by atoms with Gasteiger partial charge < -0.3 is 0 Å². The third-order valence-electron chi connectivity index (χ3n) is 2.59. The molecule has 2 aliphatic rings. The molecule has 4 heteroatoms. The van der Waals surface area contributed by atoms with Crippen LogP contribution in [-0.2, 0) is 0 Å². The zero-order valence-corrected chi connectivity index (χ0v) is 6.79. The van der Waals surface area contributed by atoms with E-state index in [0.29, 0.717) is 12.0 Å². The van der Waals surface area contributed by atoms with E-state index in [1.807, 2.05) is 4.57 Å². The zero-order chi connectivity index (χ0) is 8.13. The Hall–Kier alpha value is -1.06. The highest BCUT2D eigenvalue weighted by Crippen LogP contribution is 2.42. The summed E-state index contributed by atoms with van der Waals surface area (Å²) in [5, 5.41) is 6.60. The molecule has 0 amide bonds. The Balaban J connectivity index is 2.10. The average Bonchev–Trinajstić information content (AvgIpc) is 2.93. The molecular weight excluding hydrogens is 154 g/mol. The minimum Gasteiger partial charge on any atom is -0.276 e. The maximum Gasteiger partial charge on any atom is 0.343 e. The summed E-state index contributed by atoms with van der Waals surface area (Å²) >= 11 is 0. The molecule has 2 aliphatic carbocycles.